The second kappa shape index (κ2) is 4.97. The van der Waals surface area contributed by atoms with Gasteiger partial charge in [-0.05, 0) is 17.9 Å². The Morgan fingerprint density at radius 3 is 2.20 bits per heavy atom. The minimum absolute atomic E-state index is 0.251. The van der Waals surface area contributed by atoms with Gasteiger partial charge in [0.1, 0.15) is 16.1 Å². The summed E-state index contributed by atoms with van der Waals surface area (Å²) in [5.41, 5.74) is 1.84. The molecule has 5 heteroatoms. The quantitative estimate of drug-likeness (QED) is 0.630. The number of nitrogens with zero attached hydrogens (tertiary/aromatic N) is 2. The lowest BCUT2D eigenvalue weighted by Crippen LogP contribution is -2.00. The molecule has 1 aromatic heterocycles. The molecule has 1 saturated carbocycles. The van der Waals surface area contributed by atoms with E-state index in [1.54, 1.807) is 0 Å². The third-order valence-electron chi connectivity index (χ3n) is 3.81. The van der Waals surface area contributed by atoms with E-state index in [-0.39, 0.29) is 5.41 Å². The number of hydrogen-bond donors (Lipinski definition) is 0. The van der Waals surface area contributed by atoms with Crippen molar-refractivity contribution in [3.05, 3.63) is 44.9 Å². The second-order valence-corrected chi connectivity index (χ2v) is 7.33. The van der Waals surface area contributed by atoms with Crippen LogP contribution in [-0.2, 0) is 0 Å². The summed E-state index contributed by atoms with van der Waals surface area (Å²) in [6.07, 6.45) is 1.08. The molecule has 0 radical (unpaired) electrons. The minimum Gasteiger partial charge on any atom is -0.220 e. The fraction of sp³-hybridized carbons (Fsp3) is 0.333. The molecular formula is C15H13BrCl2N2. The average molecular weight is 372 g/mol. The van der Waals surface area contributed by atoms with Gasteiger partial charge in [0.2, 0.25) is 0 Å². The maximum atomic E-state index is 6.35. The van der Waals surface area contributed by atoms with E-state index in [1.807, 2.05) is 24.3 Å². The largest absolute Gasteiger partial charge is 0.220 e. The van der Waals surface area contributed by atoms with Crippen molar-refractivity contribution >= 4 is 39.1 Å². The summed E-state index contributed by atoms with van der Waals surface area (Å²) >= 11 is 16.2. The lowest BCUT2D eigenvalue weighted by molar-refractivity contribution is 0.608. The van der Waals surface area contributed by atoms with E-state index >= 15 is 0 Å². The molecule has 0 amide bonds. The standard InChI is InChI=1S/C15H13BrCl2N2/c1-15(2)7-9(15)14-19-12(17)11(13(18)20-14)8-5-3-4-6-10(8)16/h3-6,9H,7H2,1-2H3. The summed E-state index contributed by atoms with van der Waals surface area (Å²) in [5.74, 6) is 1.10. The predicted octanol–water partition coefficient (Wildman–Crippen LogP) is 5.73. The van der Waals surface area contributed by atoms with Crippen LogP contribution < -0.4 is 0 Å². The number of benzene rings is 1. The zero-order valence-corrected chi connectivity index (χ0v) is 14.2. The van der Waals surface area contributed by atoms with Crippen LogP contribution in [0.1, 0.15) is 32.0 Å². The van der Waals surface area contributed by atoms with E-state index in [1.165, 1.54) is 0 Å². The molecule has 20 heavy (non-hydrogen) atoms. The van der Waals surface area contributed by atoms with Crippen molar-refractivity contribution in [1.82, 2.24) is 9.97 Å². The molecule has 0 saturated heterocycles. The molecule has 1 aliphatic carbocycles. The van der Waals surface area contributed by atoms with E-state index in [0.717, 1.165) is 22.3 Å². The smallest absolute Gasteiger partial charge is 0.142 e. The van der Waals surface area contributed by atoms with Crippen LogP contribution in [0.25, 0.3) is 11.1 Å². The Labute approximate surface area is 136 Å². The molecule has 0 bridgehead atoms. The Bertz CT molecular complexity index is 662. The number of aromatic nitrogens is 2. The molecular weight excluding hydrogens is 359 g/mol. The molecule has 1 fully saturated rings. The van der Waals surface area contributed by atoms with Gasteiger partial charge in [0.05, 0.1) is 5.56 Å². The molecule has 2 aromatic rings. The van der Waals surface area contributed by atoms with Gasteiger partial charge in [0.25, 0.3) is 0 Å². The molecule has 1 heterocycles. The van der Waals surface area contributed by atoms with Gasteiger partial charge in [0.15, 0.2) is 0 Å². The topological polar surface area (TPSA) is 25.8 Å². The highest BCUT2D eigenvalue weighted by atomic mass is 79.9. The fourth-order valence-corrected chi connectivity index (χ4v) is 3.46. The first-order chi connectivity index (χ1) is 9.40. The van der Waals surface area contributed by atoms with Crippen molar-refractivity contribution in [2.75, 3.05) is 0 Å². The monoisotopic (exact) mass is 370 g/mol. The summed E-state index contributed by atoms with van der Waals surface area (Å²) < 4.78 is 0.923. The first-order valence-electron chi connectivity index (χ1n) is 6.38. The van der Waals surface area contributed by atoms with Crippen LogP contribution in [0.5, 0.6) is 0 Å². The molecule has 1 aromatic carbocycles. The SMILES string of the molecule is CC1(C)CC1c1nc(Cl)c(-c2ccccc2Br)c(Cl)n1. The van der Waals surface area contributed by atoms with E-state index in [2.05, 4.69) is 39.7 Å². The molecule has 0 spiro atoms. The van der Waals surface area contributed by atoms with Crippen molar-refractivity contribution in [2.24, 2.45) is 5.41 Å². The van der Waals surface area contributed by atoms with Crippen LogP contribution in [0.2, 0.25) is 10.3 Å². The summed E-state index contributed by atoms with van der Waals surface area (Å²) in [6, 6.07) is 7.77. The molecule has 3 rings (SSSR count). The molecule has 2 nitrogen and oxygen atoms in total. The molecule has 1 unspecified atom stereocenters. The van der Waals surface area contributed by atoms with Crippen LogP contribution in [0.15, 0.2) is 28.7 Å². The van der Waals surface area contributed by atoms with Crippen molar-refractivity contribution in [3.8, 4) is 11.1 Å². The highest BCUT2D eigenvalue weighted by Gasteiger charge is 2.48. The van der Waals surface area contributed by atoms with Gasteiger partial charge in [-0.2, -0.15) is 0 Å². The first-order valence-corrected chi connectivity index (χ1v) is 7.93. The maximum Gasteiger partial charge on any atom is 0.142 e. The number of hydrogen-bond acceptors (Lipinski definition) is 2. The highest BCUT2D eigenvalue weighted by molar-refractivity contribution is 9.10. The Balaban J connectivity index is 2.08. The fourth-order valence-electron chi connectivity index (χ4n) is 2.37. The van der Waals surface area contributed by atoms with Gasteiger partial charge < -0.3 is 0 Å². The molecule has 1 atom stereocenters. The Morgan fingerprint density at radius 1 is 1.15 bits per heavy atom. The Kier molecular flexibility index (Phi) is 3.56. The number of halogens is 3. The minimum atomic E-state index is 0.251. The van der Waals surface area contributed by atoms with Crippen LogP contribution in [-0.4, -0.2) is 9.97 Å². The summed E-state index contributed by atoms with van der Waals surface area (Å²) in [4.78, 5) is 8.92. The van der Waals surface area contributed by atoms with Gasteiger partial charge in [0, 0.05) is 16.0 Å². The summed E-state index contributed by atoms with van der Waals surface area (Å²) in [7, 11) is 0. The van der Waals surface area contributed by atoms with E-state index in [4.69, 9.17) is 23.2 Å². The lowest BCUT2D eigenvalue weighted by atomic mass is 10.1. The van der Waals surface area contributed by atoms with Gasteiger partial charge in [-0.25, -0.2) is 9.97 Å². The average Bonchev–Trinajstić information content (AvgIpc) is 3.00. The molecule has 0 aliphatic heterocycles. The van der Waals surface area contributed by atoms with Crippen LogP contribution >= 0.6 is 39.1 Å². The Hall–Kier alpha value is -0.640. The highest BCUT2D eigenvalue weighted by Crippen LogP contribution is 2.58. The Morgan fingerprint density at radius 2 is 1.70 bits per heavy atom. The normalized spacial score (nSPS) is 19.9. The van der Waals surface area contributed by atoms with E-state index in [0.29, 0.717) is 21.8 Å². The van der Waals surface area contributed by atoms with Crippen LogP contribution in [0, 0.1) is 5.41 Å². The molecule has 0 N–H and O–H groups in total. The number of rotatable bonds is 2. The van der Waals surface area contributed by atoms with E-state index in [9.17, 15) is 0 Å². The summed E-state index contributed by atoms with van der Waals surface area (Å²) in [6.45, 7) is 4.40. The zero-order chi connectivity index (χ0) is 14.5. The third kappa shape index (κ3) is 2.47. The third-order valence-corrected chi connectivity index (χ3v) is 5.04. The van der Waals surface area contributed by atoms with Crippen LogP contribution in [0.3, 0.4) is 0 Å². The zero-order valence-electron chi connectivity index (χ0n) is 11.1. The molecule has 104 valence electrons. The lowest BCUT2D eigenvalue weighted by Gasteiger charge is -2.10. The molecule has 1 aliphatic rings. The first kappa shape index (κ1) is 14.3. The van der Waals surface area contributed by atoms with Gasteiger partial charge in [-0.15, -0.1) is 0 Å². The predicted molar refractivity (Wildman–Crippen MR) is 86.3 cm³/mol. The van der Waals surface area contributed by atoms with Crippen molar-refractivity contribution in [1.29, 1.82) is 0 Å². The van der Waals surface area contributed by atoms with Crippen molar-refractivity contribution in [3.63, 3.8) is 0 Å². The second-order valence-electron chi connectivity index (χ2n) is 5.76. The maximum absolute atomic E-state index is 6.35. The van der Waals surface area contributed by atoms with Crippen LogP contribution in [0.4, 0.5) is 0 Å². The van der Waals surface area contributed by atoms with Gasteiger partial charge in [-0.1, -0.05) is 71.2 Å². The summed E-state index contributed by atoms with van der Waals surface area (Å²) in [5, 5.41) is 0.823. The van der Waals surface area contributed by atoms with Crippen molar-refractivity contribution in [2.45, 2.75) is 26.2 Å². The van der Waals surface area contributed by atoms with E-state index < -0.39 is 0 Å². The van der Waals surface area contributed by atoms with Crippen molar-refractivity contribution < 1.29 is 0 Å². The van der Waals surface area contributed by atoms with Gasteiger partial charge >= 0.3 is 0 Å². The van der Waals surface area contributed by atoms with Gasteiger partial charge in [-0.3, -0.25) is 0 Å².